The fourth-order valence-electron chi connectivity index (χ4n) is 3.51. The van der Waals surface area contributed by atoms with Crippen LogP contribution in [0, 0.1) is 11.6 Å². The minimum absolute atomic E-state index is 0.0767. The van der Waals surface area contributed by atoms with Crippen molar-refractivity contribution in [1.29, 1.82) is 0 Å². The van der Waals surface area contributed by atoms with Crippen LogP contribution < -0.4 is 10.6 Å². The summed E-state index contributed by atoms with van der Waals surface area (Å²) in [5, 5.41) is 7.03. The summed E-state index contributed by atoms with van der Waals surface area (Å²) >= 11 is 0. The van der Waals surface area contributed by atoms with E-state index in [1.807, 2.05) is 12.1 Å². The van der Waals surface area contributed by atoms with Crippen LogP contribution in [0.15, 0.2) is 54.6 Å². The summed E-state index contributed by atoms with van der Waals surface area (Å²) in [6.45, 7) is 0.471. The second-order valence-corrected chi connectivity index (χ2v) is 6.73. The molecule has 2 heterocycles. The number of carbonyl (C=O) groups is 1. The van der Waals surface area contributed by atoms with Gasteiger partial charge in [-0.1, -0.05) is 24.3 Å². The van der Waals surface area contributed by atoms with Gasteiger partial charge in [-0.15, -0.1) is 0 Å². The molecule has 0 radical (unpaired) electrons. The number of halogens is 2. The molecule has 4 nitrogen and oxygen atoms in total. The number of pyridine rings is 1. The Balaban J connectivity index is 1.52. The highest BCUT2D eigenvalue weighted by Crippen LogP contribution is 2.26. The molecule has 138 valence electrons. The Kier molecular flexibility index (Phi) is 4.81. The SMILES string of the molecule is O=C1CC[C@@H](NCc2ccc3cc(F)ccc3n2)[C@H](c2ccccc2F)N1. The normalized spacial score (nSPS) is 19.9. The van der Waals surface area contributed by atoms with Crippen LogP contribution >= 0.6 is 0 Å². The first kappa shape index (κ1) is 17.5. The average Bonchev–Trinajstić information content (AvgIpc) is 2.67. The molecule has 1 fully saturated rings. The predicted octanol–water partition coefficient (Wildman–Crippen LogP) is 3.62. The standard InChI is InChI=1S/C21H19F2N3O/c22-14-6-8-18-13(11-14)5-7-15(25-18)12-24-19-9-10-20(27)26-21(19)16-3-1-2-4-17(16)23/h1-8,11,19,21,24H,9-10,12H2,(H,26,27)/t19-,21+/m1/s1. The van der Waals surface area contributed by atoms with Crippen LogP contribution in [-0.4, -0.2) is 16.9 Å². The summed E-state index contributed by atoms with van der Waals surface area (Å²) in [6.07, 6.45) is 1.01. The zero-order chi connectivity index (χ0) is 18.8. The molecule has 2 N–H and O–H groups in total. The number of nitrogens with zero attached hydrogens (tertiary/aromatic N) is 1. The molecule has 6 heteroatoms. The predicted molar refractivity (Wildman–Crippen MR) is 98.8 cm³/mol. The van der Waals surface area contributed by atoms with Gasteiger partial charge in [0.15, 0.2) is 0 Å². The minimum Gasteiger partial charge on any atom is -0.348 e. The zero-order valence-electron chi connectivity index (χ0n) is 14.6. The lowest BCUT2D eigenvalue weighted by atomic mass is 9.91. The Morgan fingerprint density at radius 2 is 1.96 bits per heavy atom. The maximum atomic E-state index is 14.2. The van der Waals surface area contributed by atoms with Crippen molar-refractivity contribution in [2.45, 2.75) is 31.5 Å². The Labute approximate surface area is 155 Å². The summed E-state index contributed by atoms with van der Waals surface area (Å²) in [5.41, 5.74) is 2.00. The monoisotopic (exact) mass is 367 g/mol. The number of nitrogens with one attached hydrogen (secondary N) is 2. The maximum Gasteiger partial charge on any atom is 0.220 e. The van der Waals surface area contributed by atoms with Crippen molar-refractivity contribution in [3.05, 3.63) is 77.5 Å². The van der Waals surface area contributed by atoms with Crippen molar-refractivity contribution in [2.75, 3.05) is 0 Å². The molecular formula is C21H19F2N3O. The van der Waals surface area contributed by atoms with Gasteiger partial charge in [0.2, 0.25) is 5.91 Å². The van der Waals surface area contributed by atoms with Crippen LogP contribution in [0.1, 0.15) is 30.1 Å². The van der Waals surface area contributed by atoms with Gasteiger partial charge in [0.1, 0.15) is 11.6 Å². The molecular weight excluding hydrogens is 348 g/mol. The number of hydrogen-bond donors (Lipinski definition) is 2. The Morgan fingerprint density at radius 3 is 2.81 bits per heavy atom. The van der Waals surface area contributed by atoms with E-state index in [2.05, 4.69) is 15.6 Å². The largest absolute Gasteiger partial charge is 0.348 e. The lowest BCUT2D eigenvalue weighted by Crippen LogP contribution is -2.48. The first-order valence-corrected chi connectivity index (χ1v) is 8.92. The lowest BCUT2D eigenvalue weighted by Gasteiger charge is -2.33. The van der Waals surface area contributed by atoms with E-state index in [0.717, 1.165) is 16.6 Å². The van der Waals surface area contributed by atoms with Crippen molar-refractivity contribution in [3.63, 3.8) is 0 Å². The van der Waals surface area contributed by atoms with Gasteiger partial charge in [-0.25, -0.2) is 8.78 Å². The zero-order valence-corrected chi connectivity index (χ0v) is 14.6. The number of carbonyl (C=O) groups excluding carboxylic acids is 1. The molecule has 0 saturated carbocycles. The summed E-state index contributed by atoms with van der Waals surface area (Å²) in [6, 6.07) is 14.1. The Morgan fingerprint density at radius 1 is 1.11 bits per heavy atom. The molecule has 2 atom stereocenters. The van der Waals surface area contributed by atoms with Gasteiger partial charge in [0, 0.05) is 30.0 Å². The van der Waals surface area contributed by atoms with Crippen LogP contribution in [0.3, 0.4) is 0 Å². The van der Waals surface area contributed by atoms with Gasteiger partial charge in [-0.2, -0.15) is 0 Å². The summed E-state index contributed by atoms with van der Waals surface area (Å²) in [4.78, 5) is 16.4. The molecule has 0 unspecified atom stereocenters. The number of hydrogen-bond acceptors (Lipinski definition) is 3. The van der Waals surface area contributed by atoms with E-state index in [1.165, 1.54) is 18.2 Å². The number of fused-ring (bicyclic) bond motifs is 1. The van der Waals surface area contributed by atoms with Crippen molar-refractivity contribution in [1.82, 2.24) is 15.6 Å². The second kappa shape index (κ2) is 7.40. The number of amides is 1. The number of rotatable bonds is 4. The maximum absolute atomic E-state index is 14.2. The smallest absolute Gasteiger partial charge is 0.220 e. The molecule has 0 spiro atoms. The first-order chi connectivity index (χ1) is 13.1. The van der Waals surface area contributed by atoms with Crippen LogP contribution in [0.4, 0.5) is 8.78 Å². The van der Waals surface area contributed by atoms with Gasteiger partial charge in [-0.05, 0) is 36.8 Å². The summed E-state index contributed by atoms with van der Waals surface area (Å²) in [7, 11) is 0. The third-order valence-electron chi connectivity index (χ3n) is 4.90. The van der Waals surface area contributed by atoms with Crippen LogP contribution in [-0.2, 0) is 11.3 Å². The third-order valence-corrected chi connectivity index (χ3v) is 4.90. The van der Waals surface area contributed by atoms with E-state index in [-0.39, 0.29) is 23.6 Å². The van der Waals surface area contributed by atoms with Crippen LogP contribution in [0.5, 0.6) is 0 Å². The third kappa shape index (κ3) is 3.80. The molecule has 1 aliphatic heterocycles. The Hall–Kier alpha value is -2.86. The van der Waals surface area contributed by atoms with Gasteiger partial charge >= 0.3 is 0 Å². The molecule has 2 aromatic carbocycles. The van der Waals surface area contributed by atoms with E-state index in [9.17, 15) is 13.6 Å². The highest BCUT2D eigenvalue weighted by Gasteiger charge is 2.31. The second-order valence-electron chi connectivity index (χ2n) is 6.73. The van der Waals surface area contributed by atoms with Crippen LogP contribution in [0.2, 0.25) is 0 Å². The lowest BCUT2D eigenvalue weighted by molar-refractivity contribution is -0.123. The topological polar surface area (TPSA) is 54.0 Å². The quantitative estimate of drug-likeness (QED) is 0.741. The van der Waals surface area contributed by atoms with Crippen molar-refractivity contribution < 1.29 is 13.6 Å². The highest BCUT2D eigenvalue weighted by atomic mass is 19.1. The van der Waals surface area contributed by atoms with Crippen molar-refractivity contribution >= 4 is 16.8 Å². The molecule has 1 amide bonds. The van der Waals surface area contributed by atoms with E-state index in [1.54, 1.807) is 24.3 Å². The summed E-state index contributed by atoms with van der Waals surface area (Å²) < 4.78 is 27.5. The van der Waals surface area contributed by atoms with E-state index >= 15 is 0 Å². The minimum atomic E-state index is -0.429. The van der Waals surface area contributed by atoms with Crippen molar-refractivity contribution in [3.8, 4) is 0 Å². The molecule has 1 aliphatic rings. The molecule has 1 saturated heterocycles. The van der Waals surface area contributed by atoms with E-state index < -0.39 is 6.04 Å². The fraction of sp³-hybridized carbons (Fsp3) is 0.238. The summed E-state index contributed by atoms with van der Waals surface area (Å²) in [5.74, 6) is -0.699. The van der Waals surface area contributed by atoms with Gasteiger partial charge in [0.25, 0.3) is 0 Å². The number of aromatic nitrogens is 1. The molecule has 4 rings (SSSR count). The number of piperidine rings is 1. The fourth-order valence-corrected chi connectivity index (χ4v) is 3.51. The molecule has 3 aromatic rings. The number of benzene rings is 2. The van der Waals surface area contributed by atoms with E-state index in [4.69, 9.17) is 0 Å². The average molecular weight is 367 g/mol. The Bertz CT molecular complexity index is 992. The molecule has 1 aromatic heterocycles. The van der Waals surface area contributed by atoms with Crippen LogP contribution in [0.25, 0.3) is 10.9 Å². The molecule has 0 bridgehead atoms. The molecule has 0 aliphatic carbocycles. The van der Waals surface area contributed by atoms with Gasteiger partial charge in [-0.3, -0.25) is 9.78 Å². The van der Waals surface area contributed by atoms with E-state index in [0.29, 0.717) is 24.9 Å². The van der Waals surface area contributed by atoms with Gasteiger partial charge in [0.05, 0.1) is 17.3 Å². The van der Waals surface area contributed by atoms with Gasteiger partial charge < -0.3 is 10.6 Å². The first-order valence-electron chi connectivity index (χ1n) is 8.92. The highest BCUT2D eigenvalue weighted by molar-refractivity contribution is 5.78. The molecule has 27 heavy (non-hydrogen) atoms. The van der Waals surface area contributed by atoms with Crippen molar-refractivity contribution in [2.24, 2.45) is 0 Å².